The van der Waals surface area contributed by atoms with Crippen LogP contribution in [0.2, 0.25) is 0 Å². The molecule has 1 fully saturated rings. The van der Waals surface area contributed by atoms with Gasteiger partial charge in [0, 0.05) is 6.54 Å². The van der Waals surface area contributed by atoms with Crippen LogP contribution in [0, 0.1) is 17.8 Å². The Balaban J connectivity index is 1.90. The lowest BCUT2D eigenvalue weighted by molar-refractivity contribution is -0.159. The lowest BCUT2D eigenvalue weighted by Crippen LogP contribution is -2.45. The van der Waals surface area contributed by atoms with Gasteiger partial charge in [-0.25, -0.2) is 4.79 Å². The molecule has 1 saturated heterocycles. The molecule has 1 heterocycles. The van der Waals surface area contributed by atoms with Gasteiger partial charge in [-0.05, 0) is 25.7 Å². The van der Waals surface area contributed by atoms with Crippen LogP contribution >= 0.6 is 0 Å². The van der Waals surface area contributed by atoms with Crippen LogP contribution < -0.4 is 5.32 Å². The van der Waals surface area contributed by atoms with E-state index in [2.05, 4.69) is 5.32 Å². The maximum atomic E-state index is 12.4. The molecule has 0 aromatic heterocycles. The summed E-state index contributed by atoms with van der Waals surface area (Å²) in [4.78, 5) is 49.5. The van der Waals surface area contributed by atoms with Crippen molar-refractivity contribution in [2.24, 2.45) is 17.8 Å². The van der Waals surface area contributed by atoms with Crippen LogP contribution in [0.1, 0.15) is 33.6 Å². The number of esters is 1. The van der Waals surface area contributed by atoms with Crippen LogP contribution in [0.4, 0.5) is 0 Å². The van der Waals surface area contributed by atoms with Crippen molar-refractivity contribution in [1.29, 1.82) is 0 Å². The highest BCUT2D eigenvalue weighted by atomic mass is 16.5. The molecule has 0 radical (unpaired) electrons. The van der Waals surface area contributed by atoms with Crippen molar-refractivity contribution in [3.05, 3.63) is 12.2 Å². The molecule has 2 aliphatic rings. The number of likely N-dealkylation sites (tertiary alicyclic amines) is 1. The molecule has 0 bridgehead atoms. The molecule has 0 aromatic rings. The minimum absolute atomic E-state index is 0.292. The molecule has 0 aromatic carbocycles. The van der Waals surface area contributed by atoms with Gasteiger partial charge in [0.05, 0.1) is 11.8 Å². The van der Waals surface area contributed by atoms with Crippen LogP contribution in [-0.4, -0.2) is 47.8 Å². The van der Waals surface area contributed by atoms with Crippen molar-refractivity contribution in [3.8, 4) is 0 Å². The first-order valence-corrected chi connectivity index (χ1v) is 8.28. The summed E-state index contributed by atoms with van der Waals surface area (Å²) in [7, 11) is 0. The van der Waals surface area contributed by atoms with Gasteiger partial charge in [-0.1, -0.05) is 26.0 Å². The number of hydrogen-bond acceptors (Lipinski definition) is 5. The minimum atomic E-state index is -1.02. The van der Waals surface area contributed by atoms with E-state index < -0.39 is 24.5 Å². The standard InChI is InChI=1S/C17H24N2O5/c1-10(2)8-18-14(20)9-24-17(23)11(3)19-15(21)12-6-4-5-7-13(12)16(19)22/h4-5,10-13H,6-9H2,1-3H3,(H,18,20)/t11-,12-,13-/m0/s1. The Hall–Kier alpha value is -2.18. The maximum absolute atomic E-state index is 12.4. The van der Waals surface area contributed by atoms with Gasteiger partial charge in [-0.15, -0.1) is 0 Å². The lowest BCUT2D eigenvalue weighted by Gasteiger charge is -2.21. The summed E-state index contributed by atoms with van der Waals surface area (Å²) in [6, 6.07) is -1.02. The number of carbonyl (C=O) groups is 4. The number of imide groups is 1. The van der Waals surface area contributed by atoms with Gasteiger partial charge >= 0.3 is 5.97 Å². The van der Waals surface area contributed by atoms with Gasteiger partial charge in [0.15, 0.2) is 6.61 Å². The average molecular weight is 336 g/mol. The van der Waals surface area contributed by atoms with Gasteiger partial charge in [0.25, 0.3) is 5.91 Å². The molecule has 2 rings (SSSR count). The highest BCUT2D eigenvalue weighted by Gasteiger charge is 2.50. The van der Waals surface area contributed by atoms with Crippen LogP contribution in [-0.2, 0) is 23.9 Å². The summed E-state index contributed by atoms with van der Waals surface area (Å²) in [5.41, 5.74) is 0. The highest BCUT2D eigenvalue weighted by molar-refractivity contribution is 6.08. The van der Waals surface area contributed by atoms with E-state index >= 15 is 0 Å². The van der Waals surface area contributed by atoms with E-state index in [4.69, 9.17) is 4.74 Å². The smallest absolute Gasteiger partial charge is 0.329 e. The second kappa shape index (κ2) is 7.59. The molecular weight excluding hydrogens is 312 g/mol. The van der Waals surface area contributed by atoms with E-state index in [9.17, 15) is 19.2 Å². The van der Waals surface area contributed by atoms with E-state index in [1.54, 1.807) is 0 Å². The Bertz CT molecular complexity index is 543. The van der Waals surface area contributed by atoms with E-state index in [1.165, 1.54) is 6.92 Å². The van der Waals surface area contributed by atoms with Crippen molar-refractivity contribution in [3.63, 3.8) is 0 Å². The molecule has 24 heavy (non-hydrogen) atoms. The molecule has 3 amide bonds. The number of rotatable bonds is 6. The first-order chi connectivity index (χ1) is 11.3. The summed E-state index contributed by atoms with van der Waals surface area (Å²) in [5, 5.41) is 2.63. The molecular formula is C17H24N2O5. The first kappa shape index (κ1) is 18.2. The highest BCUT2D eigenvalue weighted by Crippen LogP contribution is 2.36. The molecule has 0 saturated carbocycles. The first-order valence-electron chi connectivity index (χ1n) is 8.28. The molecule has 1 aliphatic heterocycles. The number of nitrogens with zero attached hydrogens (tertiary/aromatic N) is 1. The van der Waals surface area contributed by atoms with Crippen LogP contribution in [0.15, 0.2) is 12.2 Å². The van der Waals surface area contributed by atoms with E-state index in [0.717, 1.165) is 4.90 Å². The van der Waals surface area contributed by atoms with Crippen LogP contribution in [0.5, 0.6) is 0 Å². The van der Waals surface area contributed by atoms with Crippen molar-refractivity contribution in [1.82, 2.24) is 10.2 Å². The molecule has 7 nitrogen and oxygen atoms in total. The number of amides is 3. The van der Waals surface area contributed by atoms with Crippen molar-refractivity contribution < 1.29 is 23.9 Å². The van der Waals surface area contributed by atoms with Gasteiger partial charge < -0.3 is 10.1 Å². The minimum Gasteiger partial charge on any atom is -0.454 e. The SMILES string of the molecule is CC(C)CNC(=O)COC(=O)[C@H](C)N1C(=O)[C@H]2CC=CC[C@@H]2C1=O. The zero-order chi connectivity index (χ0) is 17.9. The predicted molar refractivity (Wildman–Crippen MR) is 85.5 cm³/mol. The number of carbonyl (C=O) groups excluding carboxylic acids is 4. The Morgan fingerprint density at radius 1 is 1.17 bits per heavy atom. The van der Waals surface area contributed by atoms with Gasteiger partial charge in [-0.3, -0.25) is 19.3 Å². The molecule has 1 aliphatic carbocycles. The normalized spacial score (nSPS) is 24.1. The lowest BCUT2D eigenvalue weighted by atomic mass is 9.85. The van der Waals surface area contributed by atoms with Crippen molar-refractivity contribution in [2.75, 3.05) is 13.2 Å². The summed E-state index contributed by atoms with van der Waals surface area (Å²) < 4.78 is 4.95. The topological polar surface area (TPSA) is 92.8 Å². The summed E-state index contributed by atoms with van der Waals surface area (Å²) in [6.07, 6.45) is 4.81. The third kappa shape index (κ3) is 3.83. The molecule has 3 atom stereocenters. The molecule has 1 N–H and O–H groups in total. The van der Waals surface area contributed by atoms with Gasteiger partial charge in [-0.2, -0.15) is 0 Å². The Labute approximate surface area is 141 Å². The second-order valence-corrected chi connectivity index (χ2v) is 6.68. The van der Waals surface area contributed by atoms with Crippen molar-refractivity contribution in [2.45, 2.75) is 39.7 Å². The summed E-state index contributed by atoms with van der Waals surface area (Å²) in [5.74, 6) is -2.28. The van der Waals surface area contributed by atoms with Gasteiger partial charge in [0.1, 0.15) is 6.04 Å². The Morgan fingerprint density at radius 3 is 2.21 bits per heavy atom. The average Bonchev–Trinajstić information content (AvgIpc) is 2.81. The molecule has 0 unspecified atom stereocenters. The molecule has 132 valence electrons. The third-order valence-electron chi connectivity index (χ3n) is 4.32. The maximum Gasteiger partial charge on any atom is 0.329 e. The fourth-order valence-corrected chi connectivity index (χ4v) is 2.94. The predicted octanol–water partition coefficient (Wildman–Crippen LogP) is 0.641. The number of ether oxygens (including phenoxy) is 1. The summed E-state index contributed by atoms with van der Waals surface area (Å²) >= 11 is 0. The zero-order valence-corrected chi connectivity index (χ0v) is 14.3. The molecule has 0 spiro atoms. The second-order valence-electron chi connectivity index (χ2n) is 6.68. The number of hydrogen-bond donors (Lipinski definition) is 1. The number of allylic oxidation sites excluding steroid dienone is 2. The van der Waals surface area contributed by atoms with Crippen LogP contribution in [0.3, 0.4) is 0 Å². The fraction of sp³-hybridized carbons (Fsp3) is 0.647. The third-order valence-corrected chi connectivity index (χ3v) is 4.32. The largest absolute Gasteiger partial charge is 0.454 e. The monoisotopic (exact) mass is 336 g/mol. The van der Waals surface area contributed by atoms with Crippen LogP contribution in [0.25, 0.3) is 0 Å². The van der Waals surface area contributed by atoms with E-state index in [-0.39, 0.29) is 23.7 Å². The molecule has 7 heteroatoms. The zero-order valence-electron chi connectivity index (χ0n) is 14.3. The fourth-order valence-electron chi connectivity index (χ4n) is 2.94. The Morgan fingerprint density at radius 2 is 1.71 bits per heavy atom. The van der Waals surface area contributed by atoms with E-state index in [1.807, 2.05) is 26.0 Å². The number of nitrogens with one attached hydrogen (secondary N) is 1. The number of fused-ring (bicyclic) bond motifs is 1. The van der Waals surface area contributed by atoms with Crippen molar-refractivity contribution >= 4 is 23.7 Å². The Kier molecular flexibility index (Phi) is 5.75. The van der Waals surface area contributed by atoms with E-state index in [0.29, 0.717) is 25.3 Å². The van der Waals surface area contributed by atoms with Gasteiger partial charge in [0.2, 0.25) is 11.8 Å². The summed E-state index contributed by atoms with van der Waals surface area (Å²) in [6.45, 7) is 5.43. The quantitative estimate of drug-likeness (QED) is 0.436.